The number of rotatable bonds is 3. The molecule has 5 nitrogen and oxygen atoms in total. The molecule has 0 radical (unpaired) electrons. The molecule has 0 spiro atoms. The molecular weight excluding hydrogens is 260 g/mol. The van der Waals surface area contributed by atoms with E-state index in [2.05, 4.69) is 4.72 Å². The number of hydrogen-bond acceptors (Lipinski definition) is 5. The zero-order valence-electron chi connectivity index (χ0n) is 9.07. The zero-order chi connectivity index (χ0) is 12.0. The van der Waals surface area contributed by atoms with Gasteiger partial charge >= 0.3 is 0 Å². The van der Waals surface area contributed by atoms with Gasteiger partial charge < -0.3 is 10.5 Å². The first-order valence-electron chi connectivity index (χ1n) is 5.52. The number of hydrogen-bond donors (Lipinski definition) is 2. The Kier molecular flexibility index (Phi) is 2.75. The summed E-state index contributed by atoms with van der Waals surface area (Å²) in [5, 5.41) is 1.74. The third-order valence-corrected chi connectivity index (χ3v) is 6.35. The van der Waals surface area contributed by atoms with Crippen molar-refractivity contribution >= 4 is 21.4 Å². The average molecular weight is 274 g/mol. The van der Waals surface area contributed by atoms with Gasteiger partial charge in [0.15, 0.2) is 0 Å². The Morgan fingerprint density at radius 3 is 3.06 bits per heavy atom. The number of nitrogens with two attached hydrogens (primary N) is 1. The Labute approximate surface area is 104 Å². The van der Waals surface area contributed by atoms with Crippen LogP contribution in [0.4, 0.5) is 0 Å². The SMILES string of the molecule is NC1C2CCOC2C1NS(=O)(=O)c1cccs1. The number of fused-ring (bicyclic) bond motifs is 1. The van der Waals surface area contributed by atoms with E-state index in [1.54, 1.807) is 17.5 Å². The second kappa shape index (κ2) is 4.03. The Morgan fingerprint density at radius 1 is 1.53 bits per heavy atom. The van der Waals surface area contributed by atoms with Crippen molar-refractivity contribution in [2.75, 3.05) is 6.61 Å². The smallest absolute Gasteiger partial charge is 0.250 e. The predicted octanol–water partition coefficient (Wildman–Crippen LogP) is 0.141. The van der Waals surface area contributed by atoms with Gasteiger partial charge in [-0.05, 0) is 17.9 Å². The number of thiophene rings is 1. The summed E-state index contributed by atoms with van der Waals surface area (Å²) in [5.74, 6) is 0.311. The Bertz CT molecular complexity index is 500. The van der Waals surface area contributed by atoms with E-state index in [1.165, 1.54) is 11.3 Å². The van der Waals surface area contributed by atoms with E-state index < -0.39 is 10.0 Å². The molecule has 2 heterocycles. The van der Waals surface area contributed by atoms with Gasteiger partial charge in [0.05, 0.1) is 12.1 Å². The summed E-state index contributed by atoms with van der Waals surface area (Å²) in [6, 6.07) is 2.89. The summed E-state index contributed by atoms with van der Waals surface area (Å²) in [4.78, 5) is 0. The first-order chi connectivity index (χ1) is 8.09. The number of ether oxygens (including phenoxy) is 1. The van der Waals surface area contributed by atoms with Crippen molar-refractivity contribution in [3.05, 3.63) is 17.5 Å². The van der Waals surface area contributed by atoms with Gasteiger partial charge in [0.1, 0.15) is 4.21 Å². The van der Waals surface area contributed by atoms with Crippen LogP contribution < -0.4 is 10.5 Å². The molecule has 2 fully saturated rings. The van der Waals surface area contributed by atoms with Crippen LogP contribution in [0.5, 0.6) is 0 Å². The topological polar surface area (TPSA) is 81.4 Å². The molecule has 1 aliphatic heterocycles. The minimum Gasteiger partial charge on any atom is -0.376 e. The summed E-state index contributed by atoms with van der Waals surface area (Å²) in [6.07, 6.45) is 0.892. The molecular formula is C10H14N2O3S2. The molecule has 0 aromatic carbocycles. The van der Waals surface area contributed by atoms with Gasteiger partial charge in [-0.15, -0.1) is 11.3 Å². The lowest BCUT2D eigenvalue weighted by Crippen LogP contribution is -2.68. The van der Waals surface area contributed by atoms with Crippen LogP contribution in [-0.4, -0.2) is 33.2 Å². The fourth-order valence-electron chi connectivity index (χ4n) is 2.55. The Balaban J connectivity index is 1.76. The molecule has 1 aromatic rings. The quantitative estimate of drug-likeness (QED) is 0.821. The van der Waals surface area contributed by atoms with E-state index >= 15 is 0 Å². The normalized spacial score (nSPS) is 36.5. The van der Waals surface area contributed by atoms with E-state index in [4.69, 9.17) is 10.5 Å². The number of sulfonamides is 1. The molecule has 17 heavy (non-hydrogen) atoms. The van der Waals surface area contributed by atoms with Crippen molar-refractivity contribution in [2.24, 2.45) is 11.7 Å². The fourth-order valence-corrected chi connectivity index (χ4v) is 4.84. The molecule has 0 amide bonds. The lowest BCUT2D eigenvalue weighted by atomic mass is 9.73. The van der Waals surface area contributed by atoms with Crippen LogP contribution in [0.2, 0.25) is 0 Å². The van der Waals surface area contributed by atoms with Crippen LogP contribution in [0, 0.1) is 5.92 Å². The lowest BCUT2D eigenvalue weighted by Gasteiger charge is -2.45. The van der Waals surface area contributed by atoms with Crippen molar-refractivity contribution in [1.82, 2.24) is 4.72 Å². The third-order valence-electron chi connectivity index (χ3n) is 3.50. The van der Waals surface area contributed by atoms with Crippen LogP contribution >= 0.6 is 11.3 Å². The fraction of sp³-hybridized carbons (Fsp3) is 0.600. The molecule has 1 aliphatic carbocycles. The van der Waals surface area contributed by atoms with E-state index in [9.17, 15) is 8.42 Å². The van der Waals surface area contributed by atoms with E-state index in [-0.39, 0.29) is 18.2 Å². The van der Waals surface area contributed by atoms with Crippen LogP contribution in [0.3, 0.4) is 0 Å². The summed E-state index contributed by atoms with van der Waals surface area (Å²) < 4.78 is 32.5. The molecule has 1 aromatic heterocycles. The van der Waals surface area contributed by atoms with Gasteiger partial charge in [0.2, 0.25) is 10.0 Å². The standard InChI is InChI=1S/C10H14N2O3S2/c11-8-6-3-4-15-10(6)9(8)12-17(13,14)7-2-1-5-16-7/h1-2,5-6,8-10,12H,3-4,11H2. The average Bonchev–Trinajstić information content (AvgIpc) is 2.95. The van der Waals surface area contributed by atoms with Crippen LogP contribution in [0.25, 0.3) is 0 Å². The summed E-state index contributed by atoms with van der Waals surface area (Å²) >= 11 is 1.20. The summed E-state index contributed by atoms with van der Waals surface area (Å²) in [6.45, 7) is 0.681. The largest absolute Gasteiger partial charge is 0.376 e. The predicted molar refractivity (Wildman–Crippen MR) is 64.3 cm³/mol. The maximum Gasteiger partial charge on any atom is 0.250 e. The van der Waals surface area contributed by atoms with Gasteiger partial charge in [-0.25, -0.2) is 13.1 Å². The van der Waals surface area contributed by atoms with Gasteiger partial charge in [-0.1, -0.05) is 6.07 Å². The van der Waals surface area contributed by atoms with Crippen molar-refractivity contribution in [3.8, 4) is 0 Å². The highest BCUT2D eigenvalue weighted by atomic mass is 32.2. The van der Waals surface area contributed by atoms with E-state index in [0.717, 1.165) is 6.42 Å². The molecule has 1 saturated carbocycles. The molecule has 0 bridgehead atoms. The minimum atomic E-state index is -3.44. The molecule has 4 atom stereocenters. The monoisotopic (exact) mass is 274 g/mol. The van der Waals surface area contributed by atoms with Crippen LogP contribution in [0.15, 0.2) is 21.7 Å². The van der Waals surface area contributed by atoms with Crippen molar-refractivity contribution in [1.29, 1.82) is 0 Å². The lowest BCUT2D eigenvalue weighted by molar-refractivity contribution is -0.00922. The first-order valence-corrected chi connectivity index (χ1v) is 7.89. The maximum absolute atomic E-state index is 12.0. The van der Waals surface area contributed by atoms with Gasteiger partial charge in [0, 0.05) is 18.6 Å². The summed E-state index contributed by atoms with van der Waals surface area (Å²) in [5.41, 5.74) is 5.96. The molecule has 94 valence electrons. The number of nitrogens with one attached hydrogen (secondary N) is 1. The van der Waals surface area contributed by atoms with Crippen LogP contribution in [-0.2, 0) is 14.8 Å². The minimum absolute atomic E-state index is 0.0419. The Morgan fingerprint density at radius 2 is 2.35 bits per heavy atom. The molecule has 1 saturated heterocycles. The van der Waals surface area contributed by atoms with Crippen molar-refractivity contribution in [3.63, 3.8) is 0 Å². The molecule has 3 rings (SSSR count). The maximum atomic E-state index is 12.0. The van der Waals surface area contributed by atoms with Gasteiger partial charge in [-0.2, -0.15) is 0 Å². The van der Waals surface area contributed by atoms with Crippen LogP contribution in [0.1, 0.15) is 6.42 Å². The van der Waals surface area contributed by atoms with Crippen molar-refractivity contribution in [2.45, 2.75) is 28.8 Å². The Hall–Kier alpha value is -0.470. The summed E-state index contributed by atoms with van der Waals surface area (Å²) in [7, 11) is -3.44. The molecule has 4 unspecified atom stereocenters. The first kappa shape index (κ1) is 11.6. The second-order valence-electron chi connectivity index (χ2n) is 4.44. The highest BCUT2D eigenvalue weighted by Gasteiger charge is 2.53. The van der Waals surface area contributed by atoms with E-state index in [1.807, 2.05) is 0 Å². The van der Waals surface area contributed by atoms with Gasteiger partial charge in [-0.3, -0.25) is 0 Å². The molecule has 7 heteroatoms. The van der Waals surface area contributed by atoms with Crippen molar-refractivity contribution < 1.29 is 13.2 Å². The molecule has 3 N–H and O–H groups in total. The highest BCUT2D eigenvalue weighted by molar-refractivity contribution is 7.91. The second-order valence-corrected chi connectivity index (χ2v) is 7.33. The molecule has 2 aliphatic rings. The third kappa shape index (κ3) is 1.82. The van der Waals surface area contributed by atoms with E-state index in [0.29, 0.717) is 16.7 Å². The zero-order valence-corrected chi connectivity index (χ0v) is 10.7. The van der Waals surface area contributed by atoms with Gasteiger partial charge in [0.25, 0.3) is 0 Å². The highest BCUT2D eigenvalue weighted by Crippen LogP contribution is 2.38.